The van der Waals surface area contributed by atoms with Crippen LogP contribution in [0.5, 0.6) is 5.75 Å². The quantitative estimate of drug-likeness (QED) is 0.189. The monoisotopic (exact) mass is 554 g/mol. The van der Waals surface area contributed by atoms with Crippen LogP contribution in [-0.2, 0) is 20.9 Å². The van der Waals surface area contributed by atoms with E-state index < -0.39 is 28.6 Å². The molecule has 0 spiro atoms. The second-order valence-electron chi connectivity index (χ2n) is 6.60. The third kappa shape index (κ3) is 6.12. The van der Waals surface area contributed by atoms with E-state index in [1.807, 2.05) is 0 Å². The summed E-state index contributed by atoms with van der Waals surface area (Å²) in [6.45, 7) is 1.46. The minimum atomic E-state index is -0.665. The van der Waals surface area contributed by atoms with Crippen molar-refractivity contribution in [3.8, 4) is 5.75 Å². The summed E-state index contributed by atoms with van der Waals surface area (Å²) >= 11 is 10.4. The van der Waals surface area contributed by atoms with Gasteiger partial charge >= 0.3 is 5.97 Å². The number of halogens is 2. The van der Waals surface area contributed by atoms with Crippen LogP contribution in [0, 0.1) is 10.1 Å². The Hall–Kier alpha value is -2.89. The predicted molar refractivity (Wildman–Crippen MR) is 126 cm³/mol. The van der Waals surface area contributed by atoms with Crippen molar-refractivity contribution < 1.29 is 28.8 Å². The predicted octanol–water partition coefficient (Wildman–Crippen LogP) is 5.19. The Kier molecular flexibility index (Phi) is 8.11. The third-order valence-electron chi connectivity index (χ3n) is 4.31. The SMILES string of the molecule is CCOC(=O)CN1C(=O)S/C(=C\c2cc(Cl)c(OCc3ccc([N+](=O)[O-])cc3)c(Br)c2)C1=O. The molecule has 2 aromatic rings. The molecular formula is C21H16BrClN2O7S. The van der Waals surface area contributed by atoms with E-state index in [9.17, 15) is 24.5 Å². The number of nitro benzene ring substituents is 1. The first-order valence-corrected chi connectivity index (χ1v) is 11.4. The number of benzene rings is 2. The molecule has 172 valence electrons. The Morgan fingerprint density at radius 2 is 1.97 bits per heavy atom. The summed E-state index contributed by atoms with van der Waals surface area (Å²) in [4.78, 5) is 47.5. The molecule has 0 bridgehead atoms. The van der Waals surface area contributed by atoms with Gasteiger partial charge in [-0.25, -0.2) is 0 Å². The number of rotatable bonds is 8. The van der Waals surface area contributed by atoms with Gasteiger partial charge in [-0.2, -0.15) is 0 Å². The van der Waals surface area contributed by atoms with Crippen LogP contribution in [0.3, 0.4) is 0 Å². The van der Waals surface area contributed by atoms with Crippen molar-refractivity contribution >= 4 is 68.2 Å². The fourth-order valence-corrected chi connectivity index (χ4v) is 4.62. The molecule has 1 heterocycles. The van der Waals surface area contributed by atoms with Crippen LogP contribution in [0.15, 0.2) is 45.8 Å². The van der Waals surface area contributed by atoms with Crippen molar-refractivity contribution in [2.45, 2.75) is 13.5 Å². The number of thioether (sulfide) groups is 1. The van der Waals surface area contributed by atoms with Gasteiger partial charge < -0.3 is 9.47 Å². The van der Waals surface area contributed by atoms with Crippen LogP contribution in [0.1, 0.15) is 18.1 Å². The van der Waals surface area contributed by atoms with Crippen molar-refractivity contribution in [2.75, 3.05) is 13.2 Å². The number of nitro groups is 1. The van der Waals surface area contributed by atoms with Crippen molar-refractivity contribution in [2.24, 2.45) is 0 Å². The summed E-state index contributed by atoms with van der Waals surface area (Å²) in [6.07, 6.45) is 1.49. The van der Waals surface area contributed by atoms with Crippen LogP contribution in [-0.4, -0.2) is 40.1 Å². The Morgan fingerprint density at radius 3 is 2.58 bits per heavy atom. The normalized spacial score (nSPS) is 14.6. The van der Waals surface area contributed by atoms with Gasteiger partial charge in [0, 0.05) is 12.1 Å². The molecular weight excluding hydrogens is 540 g/mol. The summed E-state index contributed by atoms with van der Waals surface area (Å²) in [5.41, 5.74) is 1.23. The molecule has 1 aliphatic rings. The lowest BCUT2D eigenvalue weighted by Crippen LogP contribution is -2.34. The van der Waals surface area contributed by atoms with Crippen LogP contribution in [0.4, 0.5) is 10.5 Å². The van der Waals surface area contributed by atoms with Crippen LogP contribution >= 0.6 is 39.3 Å². The maximum atomic E-state index is 12.5. The number of non-ortho nitro benzene ring substituents is 1. The molecule has 9 nitrogen and oxygen atoms in total. The minimum Gasteiger partial charge on any atom is -0.486 e. The highest BCUT2D eigenvalue weighted by molar-refractivity contribution is 9.10. The summed E-state index contributed by atoms with van der Waals surface area (Å²) in [5.74, 6) is -0.909. The van der Waals surface area contributed by atoms with E-state index in [4.69, 9.17) is 21.1 Å². The molecule has 12 heteroatoms. The second-order valence-corrected chi connectivity index (χ2v) is 8.85. The zero-order valence-corrected chi connectivity index (χ0v) is 20.2. The van der Waals surface area contributed by atoms with Gasteiger partial charge in [0.15, 0.2) is 5.75 Å². The molecule has 0 N–H and O–H groups in total. The fourth-order valence-electron chi connectivity index (χ4n) is 2.79. The van der Waals surface area contributed by atoms with Gasteiger partial charge in [0.05, 0.1) is 25.9 Å². The lowest BCUT2D eigenvalue weighted by Gasteiger charge is -2.12. The lowest BCUT2D eigenvalue weighted by molar-refractivity contribution is -0.384. The Bertz CT molecular complexity index is 1130. The number of imide groups is 1. The van der Waals surface area contributed by atoms with Gasteiger partial charge in [-0.15, -0.1) is 0 Å². The standard InChI is InChI=1S/C21H16BrClN2O7S/c1-2-31-18(26)10-24-20(27)17(33-21(24)28)9-13-7-15(22)19(16(23)8-13)32-11-12-3-5-14(6-4-12)25(29)30/h3-9H,2,10-11H2,1H3/b17-9-. The summed E-state index contributed by atoms with van der Waals surface area (Å²) in [5, 5.41) is 10.4. The average molecular weight is 556 g/mol. The maximum Gasteiger partial charge on any atom is 0.326 e. The first-order valence-electron chi connectivity index (χ1n) is 9.45. The molecule has 1 fully saturated rings. The van der Waals surface area contributed by atoms with Crippen LogP contribution in [0.25, 0.3) is 6.08 Å². The van der Waals surface area contributed by atoms with Crippen molar-refractivity contribution in [3.63, 3.8) is 0 Å². The number of esters is 1. The van der Waals surface area contributed by atoms with E-state index in [0.717, 1.165) is 4.90 Å². The first-order chi connectivity index (χ1) is 15.7. The number of carbonyl (C=O) groups is 3. The lowest BCUT2D eigenvalue weighted by atomic mass is 10.2. The highest BCUT2D eigenvalue weighted by Crippen LogP contribution is 2.38. The molecule has 1 saturated heterocycles. The molecule has 33 heavy (non-hydrogen) atoms. The first kappa shape index (κ1) is 24.7. The molecule has 2 aromatic carbocycles. The molecule has 2 amide bonds. The Labute approximate surface area is 205 Å². The summed E-state index contributed by atoms with van der Waals surface area (Å²) < 4.78 is 11.0. The van der Waals surface area contributed by atoms with Gasteiger partial charge in [-0.3, -0.25) is 29.4 Å². The fraction of sp³-hybridized carbons (Fsp3) is 0.190. The molecule has 0 aliphatic carbocycles. The zero-order chi connectivity index (χ0) is 24.1. The van der Waals surface area contributed by atoms with Gasteiger partial charge in [0.25, 0.3) is 16.8 Å². The van der Waals surface area contributed by atoms with E-state index in [-0.39, 0.29) is 28.8 Å². The summed E-state index contributed by atoms with van der Waals surface area (Å²) in [6, 6.07) is 9.16. The van der Waals surface area contributed by atoms with Crippen LogP contribution in [0.2, 0.25) is 5.02 Å². The number of ether oxygens (including phenoxy) is 2. The van der Waals surface area contributed by atoms with Gasteiger partial charge in [0.1, 0.15) is 13.2 Å². The topological polar surface area (TPSA) is 116 Å². The van der Waals surface area contributed by atoms with E-state index in [1.54, 1.807) is 31.2 Å². The number of hydrogen-bond acceptors (Lipinski definition) is 8. The van der Waals surface area contributed by atoms with E-state index in [1.165, 1.54) is 18.2 Å². The Morgan fingerprint density at radius 1 is 1.27 bits per heavy atom. The third-order valence-corrected chi connectivity index (χ3v) is 6.09. The number of nitrogens with zero attached hydrogens (tertiary/aromatic N) is 2. The molecule has 1 aliphatic heterocycles. The summed E-state index contributed by atoms with van der Waals surface area (Å²) in [7, 11) is 0. The highest BCUT2D eigenvalue weighted by atomic mass is 79.9. The Balaban J connectivity index is 1.72. The van der Waals surface area contributed by atoms with E-state index in [0.29, 0.717) is 33.1 Å². The van der Waals surface area contributed by atoms with Gasteiger partial charge in [-0.05, 0) is 76.1 Å². The van der Waals surface area contributed by atoms with E-state index in [2.05, 4.69) is 15.9 Å². The highest BCUT2D eigenvalue weighted by Gasteiger charge is 2.36. The molecule has 0 unspecified atom stereocenters. The molecule has 0 aromatic heterocycles. The molecule has 3 rings (SSSR count). The average Bonchev–Trinajstić information content (AvgIpc) is 3.01. The van der Waals surface area contributed by atoms with Crippen molar-refractivity contribution in [1.29, 1.82) is 0 Å². The second kappa shape index (κ2) is 10.8. The smallest absolute Gasteiger partial charge is 0.326 e. The van der Waals surface area contributed by atoms with Gasteiger partial charge in [-0.1, -0.05) is 11.6 Å². The zero-order valence-electron chi connectivity index (χ0n) is 17.1. The van der Waals surface area contributed by atoms with Crippen molar-refractivity contribution in [1.82, 2.24) is 4.90 Å². The minimum absolute atomic E-state index is 0.0195. The van der Waals surface area contributed by atoms with Crippen molar-refractivity contribution in [3.05, 3.63) is 72.0 Å². The number of carbonyl (C=O) groups excluding carboxylic acids is 3. The maximum absolute atomic E-state index is 12.5. The van der Waals surface area contributed by atoms with Crippen LogP contribution < -0.4 is 4.74 Å². The van der Waals surface area contributed by atoms with E-state index >= 15 is 0 Å². The molecule has 0 radical (unpaired) electrons. The van der Waals surface area contributed by atoms with Gasteiger partial charge in [0.2, 0.25) is 0 Å². The number of hydrogen-bond donors (Lipinski definition) is 0. The number of amides is 2. The molecule has 0 atom stereocenters. The molecule has 0 saturated carbocycles. The largest absolute Gasteiger partial charge is 0.486 e.